The van der Waals surface area contributed by atoms with Gasteiger partial charge in [0.15, 0.2) is 0 Å². The minimum atomic E-state index is -0.759. The first-order valence-electron chi connectivity index (χ1n) is 6.36. The highest BCUT2D eigenvalue weighted by atomic mass is 32.2. The molecule has 17 heavy (non-hydrogen) atoms. The fourth-order valence-corrected chi connectivity index (χ4v) is 3.31. The summed E-state index contributed by atoms with van der Waals surface area (Å²) in [5, 5.41) is 3.60. The maximum Gasteiger partial charge on any atom is 0.0514 e. The molecule has 1 N–H and O–H groups in total. The number of nitrogens with one attached hydrogen (secondary N) is 1. The molecule has 1 aromatic rings. The highest BCUT2D eigenvalue weighted by molar-refractivity contribution is 7.85. The Morgan fingerprint density at radius 2 is 1.88 bits per heavy atom. The van der Waals surface area contributed by atoms with E-state index in [1.54, 1.807) is 0 Å². The zero-order valence-corrected chi connectivity index (χ0v) is 11.8. The van der Waals surface area contributed by atoms with E-state index in [9.17, 15) is 4.21 Å². The van der Waals surface area contributed by atoms with Gasteiger partial charge < -0.3 is 5.32 Å². The standard InChI is InChI=1S/C14H23NOS/c1-4-11-17(16)12(3)14(15-5-2)13-9-7-6-8-10-13/h6-10,12,14-15H,4-5,11H2,1-3H3. The smallest absolute Gasteiger partial charge is 0.0514 e. The molecule has 0 saturated heterocycles. The molecule has 3 atom stereocenters. The fraction of sp³-hybridized carbons (Fsp3) is 0.571. The van der Waals surface area contributed by atoms with E-state index in [0.29, 0.717) is 0 Å². The van der Waals surface area contributed by atoms with E-state index in [4.69, 9.17) is 0 Å². The fourth-order valence-electron chi connectivity index (χ4n) is 1.97. The van der Waals surface area contributed by atoms with Gasteiger partial charge in [-0.25, -0.2) is 0 Å². The van der Waals surface area contributed by atoms with Crippen molar-refractivity contribution in [1.82, 2.24) is 5.32 Å². The minimum absolute atomic E-state index is 0.150. The average molecular weight is 253 g/mol. The van der Waals surface area contributed by atoms with E-state index in [-0.39, 0.29) is 11.3 Å². The van der Waals surface area contributed by atoms with E-state index in [1.165, 1.54) is 5.56 Å². The molecular weight excluding hydrogens is 230 g/mol. The minimum Gasteiger partial charge on any atom is -0.309 e. The quantitative estimate of drug-likeness (QED) is 0.809. The lowest BCUT2D eigenvalue weighted by atomic mass is 10.0. The van der Waals surface area contributed by atoms with Gasteiger partial charge in [-0.2, -0.15) is 0 Å². The summed E-state index contributed by atoms with van der Waals surface area (Å²) in [6.07, 6.45) is 0.977. The Labute approximate surface area is 107 Å². The summed E-state index contributed by atoms with van der Waals surface area (Å²) in [7, 11) is -0.759. The molecule has 0 fully saturated rings. The predicted octanol–water partition coefficient (Wildman–Crippen LogP) is 2.88. The van der Waals surface area contributed by atoms with Crippen LogP contribution in [0.5, 0.6) is 0 Å². The largest absolute Gasteiger partial charge is 0.309 e. The molecule has 0 radical (unpaired) electrons. The SMILES string of the molecule is CCCS(=O)C(C)C(NCC)c1ccccc1. The Kier molecular flexibility index (Phi) is 6.45. The van der Waals surface area contributed by atoms with Crippen molar-refractivity contribution in [2.75, 3.05) is 12.3 Å². The third-order valence-electron chi connectivity index (χ3n) is 2.87. The van der Waals surface area contributed by atoms with E-state index >= 15 is 0 Å². The van der Waals surface area contributed by atoms with Crippen molar-refractivity contribution in [2.45, 2.75) is 38.5 Å². The van der Waals surface area contributed by atoms with Crippen molar-refractivity contribution in [1.29, 1.82) is 0 Å². The van der Waals surface area contributed by atoms with Crippen LogP contribution in [0.2, 0.25) is 0 Å². The third kappa shape index (κ3) is 4.25. The van der Waals surface area contributed by atoms with Crippen LogP contribution in [0.3, 0.4) is 0 Å². The van der Waals surface area contributed by atoms with Crippen molar-refractivity contribution in [3.05, 3.63) is 35.9 Å². The molecule has 2 nitrogen and oxygen atoms in total. The summed E-state index contributed by atoms with van der Waals surface area (Å²) in [6, 6.07) is 10.5. The molecule has 3 heteroatoms. The topological polar surface area (TPSA) is 29.1 Å². The van der Waals surface area contributed by atoms with Crippen LogP contribution in [0.15, 0.2) is 30.3 Å². The number of hydrogen-bond acceptors (Lipinski definition) is 2. The van der Waals surface area contributed by atoms with Crippen LogP contribution >= 0.6 is 0 Å². The molecular formula is C14H23NOS. The second kappa shape index (κ2) is 7.62. The van der Waals surface area contributed by atoms with Gasteiger partial charge in [-0.05, 0) is 25.5 Å². The third-order valence-corrected chi connectivity index (χ3v) is 4.78. The first kappa shape index (κ1) is 14.4. The van der Waals surface area contributed by atoms with Crippen LogP contribution in [-0.4, -0.2) is 21.8 Å². The average Bonchev–Trinajstić information content (AvgIpc) is 2.36. The van der Waals surface area contributed by atoms with Crippen LogP contribution in [0.4, 0.5) is 0 Å². The molecule has 96 valence electrons. The Hall–Kier alpha value is -0.670. The molecule has 0 aliphatic heterocycles. The second-order valence-corrected chi connectivity index (χ2v) is 6.15. The van der Waals surface area contributed by atoms with E-state index in [0.717, 1.165) is 18.7 Å². The highest BCUT2D eigenvalue weighted by Crippen LogP contribution is 2.20. The lowest BCUT2D eigenvalue weighted by Crippen LogP contribution is -2.33. The predicted molar refractivity (Wildman–Crippen MR) is 75.6 cm³/mol. The van der Waals surface area contributed by atoms with Crippen molar-refractivity contribution < 1.29 is 4.21 Å². The number of hydrogen-bond donors (Lipinski definition) is 1. The first-order chi connectivity index (χ1) is 8.20. The Balaban J connectivity index is 2.82. The summed E-state index contributed by atoms with van der Waals surface area (Å²) in [5.74, 6) is 0.788. The molecule has 0 heterocycles. The summed E-state index contributed by atoms with van der Waals surface area (Å²) < 4.78 is 12.1. The molecule has 0 amide bonds. The van der Waals surface area contributed by atoms with E-state index < -0.39 is 10.8 Å². The van der Waals surface area contributed by atoms with Crippen molar-refractivity contribution in [3.8, 4) is 0 Å². The van der Waals surface area contributed by atoms with Crippen molar-refractivity contribution in [2.24, 2.45) is 0 Å². The van der Waals surface area contributed by atoms with Crippen molar-refractivity contribution >= 4 is 10.8 Å². The van der Waals surface area contributed by atoms with Crippen LogP contribution in [0.25, 0.3) is 0 Å². The first-order valence-corrected chi connectivity index (χ1v) is 7.74. The lowest BCUT2D eigenvalue weighted by Gasteiger charge is -2.24. The molecule has 0 aliphatic carbocycles. The number of benzene rings is 1. The van der Waals surface area contributed by atoms with Gasteiger partial charge in [-0.1, -0.05) is 44.2 Å². The molecule has 0 bridgehead atoms. The van der Waals surface area contributed by atoms with Crippen LogP contribution in [-0.2, 0) is 10.8 Å². The van der Waals surface area contributed by atoms with Crippen LogP contribution in [0, 0.1) is 0 Å². The summed E-state index contributed by atoms with van der Waals surface area (Å²) in [4.78, 5) is 0. The van der Waals surface area contributed by atoms with Gasteiger partial charge in [0.05, 0.1) is 5.25 Å². The molecule has 0 aliphatic rings. The van der Waals surface area contributed by atoms with Crippen molar-refractivity contribution in [3.63, 3.8) is 0 Å². The van der Waals surface area contributed by atoms with Gasteiger partial charge in [-0.15, -0.1) is 0 Å². The van der Waals surface area contributed by atoms with Gasteiger partial charge in [-0.3, -0.25) is 4.21 Å². The monoisotopic (exact) mass is 253 g/mol. The van der Waals surface area contributed by atoms with Crippen LogP contribution in [0.1, 0.15) is 38.8 Å². The number of rotatable bonds is 7. The Morgan fingerprint density at radius 3 is 2.41 bits per heavy atom. The van der Waals surface area contributed by atoms with E-state index in [2.05, 4.69) is 38.2 Å². The Morgan fingerprint density at radius 1 is 1.24 bits per heavy atom. The van der Waals surface area contributed by atoms with Gasteiger partial charge >= 0.3 is 0 Å². The zero-order valence-electron chi connectivity index (χ0n) is 11.0. The Bertz CT molecular complexity index is 339. The van der Waals surface area contributed by atoms with Gasteiger partial charge in [0.25, 0.3) is 0 Å². The second-order valence-electron chi connectivity index (χ2n) is 4.24. The summed E-state index contributed by atoms with van der Waals surface area (Å²) in [5.41, 5.74) is 1.23. The van der Waals surface area contributed by atoms with Crippen LogP contribution < -0.4 is 5.32 Å². The maximum absolute atomic E-state index is 12.1. The lowest BCUT2D eigenvalue weighted by molar-refractivity contribution is 0.535. The maximum atomic E-state index is 12.1. The van der Waals surface area contributed by atoms with E-state index in [1.807, 2.05) is 18.2 Å². The zero-order chi connectivity index (χ0) is 12.7. The molecule has 0 spiro atoms. The van der Waals surface area contributed by atoms with Gasteiger partial charge in [0.2, 0.25) is 0 Å². The normalized spacial score (nSPS) is 16.4. The molecule has 0 aromatic heterocycles. The highest BCUT2D eigenvalue weighted by Gasteiger charge is 2.22. The molecule has 0 saturated carbocycles. The summed E-state index contributed by atoms with van der Waals surface area (Å²) in [6.45, 7) is 7.14. The molecule has 1 aromatic carbocycles. The summed E-state index contributed by atoms with van der Waals surface area (Å²) >= 11 is 0. The molecule has 3 unspecified atom stereocenters. The van der Waals surface area contributed by atoms with Gasteiger partial charge in [0.1, 0.15) is 0 Å². The van der Waals surface area contributed by atoms with Gasteiger partial charge in [0, 0.05) is 22.6 Å². The molecule has 1 rings (SSSR count).